The largest absolute Gasteiger partial charge is 0.330 e. The van der Waals surface area contributed by atoms with E-state index in [0.29, 0.717) is 6.54 Å². The molecule has 2 aromatic rings. The fourth-order valence-corrected chi connectivity index (χ4v) is 1.40. The van der Waals surface area contributed by atoms with Gasteiger partial charge in [0.25, 0.3) is 0 Å². The molecule has 4 heteroatoms. The molecule has 2 aromatic heterocycles. The molecule has 4 nitrogen and oxygen atoms in total. The van der Waals surface area contributed by atoms with Crippen molar-refractivity contribution in [1.82, 2.24) is 15.0 Å². The SMILES string of the molecule is CC(CN)c1nccc(-c2ccncc2)n1. The highest BCUT2D eigenvalue weighted by molar-refractivity contribution is 5.57. The minimum Gasteiger partial charge on any atom is -0.330 e. The van der Waals surface area contributed by atoms with Crippen LogP contribution in [0.15, 0.2) is 36.8 Å². The second kappa shape index (κ2) is 4.81. The van der Waals surface area contributed by atoms with Crippen molar-refractivity contribution in [3.63, 3.8) is 0 Å². The summed E-state index contributed by atoms with van der Waals surface area (Å²) in [5.41, 5.74) is 7.56. The van der Waals surface area contributed by atoms with E-state index in [-0.39, 0.29) is 5.92 Å². The zero-order valence-electron chi connectivity index (χ0n) is 9.17. The Morgan fingerprint density at radius 1 is 1.19 bits per heavy atom. The van der Waals surface area contributed by atoms with Crippen molar-refractivity contribution in [3.05, 3.63) is 42.6 Å². The Morgan fingerprint density at radius 3 is 2.62 bits per heavy atom. The number of pyridine rings is 1. The zero-order chi connectivity index (χ0) is 11.4. The molecule has 0 amide bonds. The molecule has 0 spiro atoms. The Kier molecular flexibility index (Phi) is 3.22. The third-order valence-corrected chi connectivity index (χ3v) is 2.44. The van der Waals surface area contributed by atoms with Gasteiger partial charge in [-0.05, 0) is 18.2 Å². The van der Waals surface area contributed by atoms with Crippen LogP contribution in [0.25, 0.3) is 11.3 Å². The molecule has 2 heterocycles. The van der Waals surface area contributed by atoms with E-state index in [4.69, 9.17) is 5.73 Å². The van der Waals surface area contributed by atoms with Gasteiger partial charge < -0.3 is 5.73 Å². The fraction of sp³-hybridized carbons (Fsp3) is 0.250. The van der Waals surface area contributed by atoms with Crippen LogP contribution in [0.1, 0.15) is 18.7 Å². The van der Waals surface area contributed by atoms with Gasteiger partial charge in [0, 0.05) is 36.6 Å². The molecule has 0 radical (unpaired) electrons. The van der Waals surface area contributed by atoms with Crippen LogP contribution in [-0.4, -0.2) is 21.5 Å². The molecule has 1 unspecified atom stereocenters. The third kappa shape index (κ3) is 2.23. The molecule has 0 bridgehead atoms. The maximum atomic E-state index is 5.60. The van der Waals surface area contributed by atoms with Crippen molar-refractivity contribution >= 4 is 0 Å². The van der Waals surface area contributed by atoms with Crippen LogP contribution in [0.4, 0.5) is 0 Å². The molecular weight excluding hydrogens is 200 g/mol. The van der Waals surface area contributed by atoms with Gasteiger partial charge in [-0.15, -0.1) is 0 Å². The van der Waals surface area contributed by atoms with E-state index in [9.17, 15) is 0 Å². The fourth-order valence-electron chi connectivity index (χ4n) is 1.40. The molecule has 2 rings (SSSR count). The highest BCUT2D eigenvalue weighted by Crippen LogP contribution is 2.17. The van der Waals surface area contributed by atoms with Gasteiger partial charge in [-0.1, -0.05) is 6.92 Å². The summed E-state index contributed by atoms with van der Waals surface area (Å²) in [5, 5.41) is 0. The van der Waals surface area contributed by atoms with Crippen LogP contribution in [-0.2, 0) is 0 Å². The lowest BCUT2D eigenvalue weighted by Crippen LogP contribution is -2.12. The Hall–Kier alpha value is -1.81. The number of hydrogen-bond donors (Lipinski definition) is 1. The predicted octanol–water partition coefficient (Wildman–Crippen LogP) is 1.60. The maximum Gasteiger partial charge on any atom is 0.133 e. The van der Waals surface area contributed by atoms with Gasteiger partial charge in [0.2, 0.25) is 0 Å². The number of rotatable bonds is 3. The summed E-state index contributed by atoms with van der Waals surface area (Å²) in [4.78, 5) is 12.7. The molecule has 1 atom stereocenters. The number of nitrogens with zero attached hydrogens (tertiary/aromatic N) is 3. The molecule has 82 valence electrons. The van der Waals surface area contributed by atoms with Crippen LogP contribution >= 0.6 is 0 Å². The zero-order valence-corrected chi connectivity index (χ0v) is 9.17. The van der Waals surface area contributed by atoms with Gasteiger partial charge in [0.15, 0.2) is 0 Å². The van der Waals surface area contributed by atoms with Crippen molar-refractivity contribution in [3.8, 4) is 11.3 Å². The van der Waals surface area contributed by atoms with Gasteiger partial charge in [0.05, 0.1) is 5.69 Å². The smallest absolute Gasteiger partial charge is 0.133 e. The van der Waals surface area contributed by atoms with E-state index < -0.39 is 0 Å². The molecule has 0 saturated carbocycles. The van der Waals surface area contributed by atoms with Crippen LogP contribution in [0.3, 0.4) is 0 Å². The summed E-state index contributed by atoms with van der Waals surface area (Å²) in [6, 6.07) is 5.75. The first-order valence-corrected chi connectivity index (χ1v) is 5.24. The highest BCUT2D eigenvalue weighted by atomic mass is 14.9. The first-order chi connectivity index (χ1) is 7.81. The van der Waals surface area contributed by atoms with Crippen LogP contribution in [0.5, 0.6) is 0 Å². The molecule has 0 aliphatic carbocycles. The van der Waals surface area contributed by atoms with Gasteiger partial charge in [-0.2, -0.15) is 0 Å². The Labute approximate surface area is 94.6 Å². The van der Waals surface area contributed by atoms with Gasteiger partial charge >= 0.3 is 0 Å². The molecular formula is C12H14N4. The Balaban J connectivity index is 2.36. The lowest BCUT2D eigenvalue weighted by molar-refractivity contribution is 0.712. The van der Waals surface area contributed by atoms with E-state index in [1.807, 2.05) is 25.1 Å². The summed E-state index contributed by atoms with van der Waals surface area (Å²) in [6.07, 6.45) is 5.28. The normalized spacial score (nSPS) is 12.4. The maximum absolute atomic E-state index is 5.60. The van der Waals surface area contributed by atoms with E-state index in [1.54, 1.807) is 18.6 Å². The minimum atomic E-state index is 0.182. The average Bonchev–Trinajstić information content (AvgIpc) is 2.39. The van der Waals surface area contributed by atoms with Gasteiger partial charge in [-0.25, -0.2) is 9.97 Å². The summed E-state index contributed by atoms with van der Waals surface area (Å²) in [7, 11) is 0. The van der Waals surface area contributed by atoms with E-state index in [2.05, 4.69) is 15.0 Å². The Bertz CT molecular complexity index is 456. The Morgan fingerprint density at radius 2 is 1.94 bits per heavy atom. The van der Waals surface area contributed by atoms with E-state index >= 15 is 0 Å². The quantitative estimate of drug-likeness (QED) is 0.842. The molecule has 16 heavy (non-hydrogen) atoms. The second-order valence-corrected chi connectivity index (χ2v) is 3.67. The first-order valence-electron chi connectivity index (χ1n) is 5.24. The van der Waals surface area contributed by atoms with E-state index in [1.165, 1.54) is 0 Å². The second-order valence-electron chi connectivity index (χ2n) is 3.67. The average molecular weight is 214 g/mol. The van der Waals surface area contributed by atoms with E-state index in [0.717, 1.165) is 17.1 Å². The first kappa shape index (κ1) is 10.7. The van der Waals surface area contributed by atoms with Gasteiger partial charge in [-0.3, -0.25) is 4.98 Å². The number of hydrogen-bond acceptors (Lipinski definition) is 4. The molecule has 0 aromatic carbocycles. The lowest BCUT2D eigenvalue weighted by Gasteiger charge is -2.08. The number of aromatic nitrogens is 3. The summed E-state index contributed by atoms with van der Waals surface area (Å²) < 4.78 is 0. The molecule has 2 N–H and O–H groups in total. The molecule has 0 aliphatic heterocycles. The van der Waals surface area contributed by atoms with Crippen LogP contribution in [0, 0.1) is 0 Å². The van der Waals surface area contributed by atoms with Crippen molar-refractivity contribution < 1.29 is 0 Å². The van der Waals surface area contributed by atoms with Crippen molar-refractivity contribution in [2.24, 2.45) is 5.73 Å². The predicted molar refractivity (Wildman–Crippen MR) is 62.7 cm³/mol. The summed E-state index contributed by atoms with van der Waals surface area (Å²) >= 11 is 0. The molecule has 0 aliphatic rings. The summed E-state index contributed by atoms with van der Waals surface area (Å²) in [6.45, 7) is 2.57. The monoisotopic (exact) mass is 214 g/mol. The number of nitrogens with two attached hydrogens (primary N) is 1. The van der Waals surface area contributed by atoms with Crippen molar-refractivity contribution in [2.45, 2.75) is 12.8 Å². The van der Waals surface area contributed by atoms with Gasteiger partial charge in [0.1, 0.15) is 5.82 Å². The van der Waals surface area contributed by atoms with Crippen molar-refractivity contribution in [2.75, 3.05) is 6.54 Å². The minimum absolute atomic E-state index is 0.182. The third-order valence-electron chi connectivity index (χ3n) is 2.44. The lowest BCUT2D eigenvalue weighted by atomic mass is 10.1. The van der Waals surface area contributed by atoms with Crippen LogP contribution < -0.4 is 5.73 Å². The summed E-state index contributed by atoms with van der Waals surface area (Å²) in [5.74, 6) is 0.971. The van der Waals surface area contributed by atoms with Crippen molar-refractivity contribution in [1.29, 1.82) is 0 Å². The molecule has 0 fully saturated rings. The molecule has 0 saturated heterocycles. The van der Waals surface area contributed by atoms with Crippen LogP contribution in [0.2, 0.25) is 0 Å². The highest BCUT2D eigenvalue weighted by Gasteiger charge is 2.07. The topological polar surface area (TPSA) is 64.7 Å². The standard InChI is InChI=1S/C12H14N4/c1-9(8-13)12-15-7-4-11(16-12)10-2-5-14-6-3-10/h2-7,9H,8,13H2,1H3.